The second-order valence-corrected chi connectivity index (χ2v) is 4.32. The van der Waals surface area contributed by atoms with E-state index in [-0.39, 0.29) is 6.54 Å². The van der Waals surface area contributed by atoms with Gasteiger partial charge in [-0.1, -0.05) is 20.8 Å². The monoisotopic (exact) mass is 227 g/mol. The van der Waals surface area contributed by atoms with E-state index in [0.29, 0.717) is 4.90 Å². The number of rotatable bonds is 3. The molecule has 0 aromatic carbocycles. The third-order valence-electron chi connectivity index (χ3n) is 1.67. The Bertz CT molecular complexity index is 220. The fourth-order valence-corrected chi connectivity index (χ4v) is 1.06. The Kier molecular flexibility index (Phi) is 4.58. The van der Waals surface area contributed by atoms with Gasteiger partial charge in [0.05, 0.1) is 6.61 Å². The molecule has 90 valence electrons. The van der Waals surface area contributed by atoms with Crippen LogP contribution >= 0.6 is 0 Å². The summed E-state index contributed by atoms with van der Waals surface area (Å²) >= 11 is 0. The lowest BCUT2D eigenvalue weighted by molar-refractivity contribution is -0.167. The number of hydrogen-bond donors (Lipinski definition) is 1. The van der Waals surface area contributed by atoms with Crippen molar-refractivity contribution in [1.82, 2.24) is 4.90 Å². The van der Waals surface area contributed by atoms with E-state index in [1.165, 1.54) is 20.8 Å². The number of amides is 1. The summed E-state index contributed by atoms with van der Waals surface area (Å²) in [5.74, 6) is -0.617. The summed E-state index contributed by atoms with van der Waals surface area (Å²) in [7, 11) is 0. The molecule has 0 bridgehead atoms. The molecule has 0 unspecified atom stereocenters. The summed E-state index contributed by atoms with van der Waals surface area (Å²) in [6.07, 6.45) is -4.43. The van der Waals surface area contributed by atoms with Crippen LogP contribution in [0.25, 0.3) is 0 Å². The van der Waals surface area contributed by atoms with Gasteiger partial charge >= 0.3 is 6.18 Å². The molecule has 1 amide bonds. The third-order valence-corrected chi connectivity index (χ3v) is 1.67. The van der Waals surface area contributed by atoms with E-state index in [0.717, 1.165) is 0 Å². The van der Waals surface area contributed by atoms with Crippen molar-refractivity contribution >= 4 is 5.91 Å². The zero-order chi connectivity index (χ0) is 12.3. The minimum atomic E-state index is -4.43. The molecule has 0 aliphatic carbocycles. The molecule has 1 N–H and O–H groups in total. The number of alkyl halides is 3. The lowest BCUT2D eigenvalue weighted by atomic mass is 9.94. The summed E-state index contributed by atoms with van der Waals surface area (Å²) in [6.45, 7) is 2.53. The molecule has 0 heterocycles. The summed E-state index contributed by atoms with van der Waals surface area (Å²) in [5.41, 5.74) is -0.875. The number of aliphatic hydroxyl groups excluding tert-OH is 1. The van der Waals surface area contributed by atoms with Gasteiger partial charge < -0.3 is 10.0 Å². The number of halogens is 3. The highest BCUT2D eigenvalue weighted by atomic mass is 19.4. The van der Waals surface area contributed by atoms with E-state index in [4.69, 9.17) is 5.11 Å². The molecule has 0 saturated carbocycles. The van der Waals surface area contributed by atoms with Gasteiger partial charge in [-0.2, -0.15) is 13.2 Å². The van der Waals surface area contributed by atoms with Crippen molar-refractivity contribution in [2.45, 2.75) is 26.9 Å². The summed E-state index contributed by atoms with van der Waals surface area (Å²) in [5, 5.41) is 8.59. The van der Waals surface area contributed by atoms with Gasteiger partial charge in [-0.15, -0.1) is 0 Å². The maximum atomic E-state index is 12.1. The molecular weight excluding hydrogens is 211 g/mol. The number of hydrogen-bond acceptors (Lipinski definition) is 2. The van der Waals surface area contributed by atoms with E-state index < -0.39 is 30.7 Å². The third kappa shape index (κ3) is 5.61. The Morgan fingerprint density at radius 2 is 1.73 bits per heavy atom. The Labute approximate surface area is 86.9 Å². The average Bonchev–Trinajstić information content (AvgIpc) is 1.98. The molecule has 6 heteroatoms. The SMILES string of the molecule is CC(C)(C)C(=O)N(CCO)CC(F)(F)F. The van der Waals surface area contributed by atoms with Gasteiger partial charge in [0.25, 0.3) is 0 Å². The van der Waals surface area contributed by atoms with E-state index in [2.05, 4.69) is 0 Å². The van der Waals surface area contributed by atoms with Crippen molar-refractivity contribution in [2.24, 2.45) is 5.41 Å². The Hall–Kier alpha value is -0.780. The highest BCUT2D eigenvalue weighted by Crippen LogP contribution is 2.22. The number of nitrogens with zero attached hydrogens (tertiary/aromatic N) is 1. The maximum absolute atomic E-state index is 12.1. The number of carbonyl (C=O) groups excluding carboxylic acids is 1. The van der Waals surface area contributed by atoms with Gasteiger partial charge in [0, 0.05) is 12.0 Å². The molecule has 0 radical (unpaired) electrons. The molecular formula is C9H16F3NO2. The summed E-state index contributed by atoms with van der Waals surface area (Å²) < 4.78 is 36.3. The van der Waals surface area contributed by atoms with Crippen molar-refractivity contribution in [3.05, 3.63) is 0 Å². The van der Waals surface area contributed by atoms with Gasteiger partial charge in [0.2, 0.25) is 5.91 Å². The fraction of sp³-hybridized carbons (Fsp3) is 0.889. The second kappa shape index (κ2) is 4.83. The highest BCUT2D eigenvalue weighted by molar-refractivity contribution is 5.81. The normalized spacial score (nSPS) is 12.7. The second-order valence-electron chi connectivity index (χ2n) is 4.32. The quantitative estimate of drug-likeness (QED) is 0.792. The molecule has 0 spiro atoms. The summed E-state index contributed by atoms with van der Waals surface area (Å²) in [6, 6.07) is 0. The molecule has 0 aliphatic heterocycles. The minimum Gasteiger partial charge on any atom is -0.395 e. The van der Waals surface area contributed by atoms with Crippen molar-refractivity contribution in [1.29, 1.82) is 0 Å². The van der Waals surface area contributed by atoms with Crippen LogP contribution in [0.1, 0.15) is 20.8 Å². The zero-order valence-corrected chi connectivity index (χ0v) is 9.06. The molecule has 0 rings (SSSR count). The van der Waals surface area contributed by atoms with Crippen LogP contribution in [-0.2, 0) is 4.79 Å². The molecule has 0 aliphatic rings. The van der Waals surface area contributed by atoms with Crippen molar-refractivity contribution in [2.75, 3.05) is 19.7 Å². The van der Waals surface area contributed by atoms with Crippen LogP contribution < -0.4 is 0 Å². The van der Waals surface area contributed by atoms with Crippen molar-refractivity contribution < 1.29 is 23.1 Å². The first-order chi connectivity index (χ1) is 6.58. The Morgan fingerprint density at radius 3 is 2.00 bits per heavy atom. The molecule has 0 aromatic rings. The number of carbonyl (C=O) groups is 1. The molecule has 0 fully saturated rings. The first-order valence-corrected chi connectivity index (χ1v) is 4.55. The van der Waals surface area contributed by atoms with Gasteiger partial charge in [-0.05, 0) is 0 Å². The molecule has 3 nitrogen and oxygen atoms in total. The molecule has 0 atom stereocenters. The Morgan fingerprint density at radius 1 is 1.27 bits per heavy atom. The topological polar surface area (TPSA) is 40.5 Å². The van der Waals surface area contributed by atoms with Gasteiger partial charge in [0.15, 0.2) is 0 Å². The fourth-order valence-electron chi connectivity index (χ4n) is 1.06. The maximum Gasteiger partial charge on any atom is 0.406 e. The smallest absolute Gasteiger partial charge is 0.395 e. The van der Waals surface area contributed by atoms with Crippen LogP contribution in [0.15, 0.2) is 0 Å². The highest BCUT2D eigenvalue weighted by Gasteiger charge is 2.36. The first kappa shape index (κ1) is 14.2. The van der Waals surface area contributed by atoms with Crippen LogP contribution in [0.2, 0.25) is 0 Å². The van der Waals surface area contributed by atoms with Crippen LogP contribution in [-0.4, -0.2) is 41.8 Å². The average molecular weight is 227 g/mol. The van der Waals surface area contributed by atoms with Gasteiger partial charge in [-0.3, -0.25) is 4.79 Å². The van der Waals surface area contributed by atoms with E-state index in [9.17, 15) is 18.0 Å². The molecule has 15 heavy (non-hydrogen) atoms. The Balaban J connectivity index is 4.60. The molecule has 0 aromatic heterocycles. The summed E-state index contributed by atoms with van der Waals surface area (Å²) in [4.78, 5) is 12.2. The minimum absolute atomic E-state index is 0.296. The van der Waals surface area contributed by atoms with E-state index in [1.807, 2.05) is 0 Å². The molecule has 0 saturated heterocycles. The van der Waals surface area contributed by atoms with Gasteiger partial charge in [-0.25, -0.2) is 0 Å². The van der Waals surface area contributed by atoms with Crippen molar-refractivity contribution in [3.8, 4) is 0 Å². The van der Waals surface area contributed by atoms with Crippen LogP contribution in [0.3, 0.4) is 0 Å². The number of aliphatic hydroxyl groups is 1. The standard InChI is InChI=1S/C9H16F3NO2/c1-8(2,3)7(15)13(4-5-14)6-9(10,11)12/h14H,4-6H2,1-3H3. The zero-order valence-electron chi connectivity index (χ0n) is 9.06. The lowest BCUT2D eigenvalue weighted by Gasteiger charge is -2.29. The van der Waals surface area contributed by atoms with Crippen LogP contribution in [0.5, 0.6) is 0 Å². The van der Waals surface area contributed by atoms with E-state index >= 15 is 0 Å². The van der Waals surface area contributed by atoms with E-state index in [1.54, 1.807) is 0 Å². The van der Waals surface area contributed by atoms with Crippen molar-refractivity contribution in [3.63, 3.8) is 0 Å². The predicted molar refractivity (Wildman–Crippen MR) is 49.2 cm³/mol. The van der Waals surface area contributed by atoms with Crippen LogP contribution in [0, 0.1) is 5.41 Å². The first-order valence-electron chi connectivity index (χ1n) is 4.55. The largest absolute Gasteiger partial charge is 0.406 e. The lowest BCUT2D eigenvalue weighted by Crippen LogP contribution is -2.45. The van der Waals surface area contributed by atoms with Gasteiger partial charge in [0.1, 0.15) is 6.54 Å². The predicted octanol–water partition coefficient (Wildman–Crippen LogP) is 1.42. The van der Waals surface area contributed by atoms with Crippen LogP contribution in [0.4, 0.5) is 13.2 Å².